The molecule has 15 heteroatoms. The molecule has 2 aliphatic carbocycles. The first kappa shape index (κ1) is 42.1. The van der Waals surface area contributed by atoms with Crippen LogP contribution in [0.15, 0.2) is 73.1 Å². The molecule has 9 rings (SSSR count). The van der Waals surface area contributed by atoms with E-state index in [4.69, 9.17) is 24.2 Å². The maximum Gasteiger partial charge on any atom is 0.407 e. The van der Waals surface area contributed by atoms with Crippen molar-refractivity contribution in [2.75, 3.05) is 27.9 Å². The van der Waals surface area contributed by atoms with E-state index in [1.165, 1.54) is 21.3 Å². The standard InChI is InChI=1S/C48H56N8O7/c1-26(2)39(53-46(59)62-5)45(58)56-35-16-15-34(21-35)41(56)43-50-23-36(52-43)29-9-7-28(8-10-29)30-11-12-32-20-33(14-13-31(32)19-30)37-24-49-42(51-37)38-22-48(17-18-48)25-55(38)44(57)40(27(3)61-4)54-47(60)63-6/h7-14,19-20,23-24,26-27,34-35,38-41H,15-18,21-22,25H2,1-6H3,(H,49,51)(H,50,52)(H,53,59)(H,54,60)/t27?,34-,35+,38-,39-,40-,41-/m0/s1. The zero-order valence-corrected chi connectivity index (χ0v) is 36.6. The van der Waals surface area contributed by atoms with E-state index in [1.54, 1.807) is 6.92 Å². The molecule has 4 aliphatic rings. The van der Waals surface area contributed by atoms with Crippen molar-refractivity contribution in [3.8, 4) is 33.6 Å². The molecule has 2 saturated heterocycles. The molecule has 1 unspecified atom stereocenters. The first-order valence-electron chi connectivity index (χ1n) is 22.0. The second kappa shape index (κ2) is 16.8. The summed E-state index contributed by atoms with van der Waals surface area (Å²) in [5.74, 6) is 1.39. The number of alkyl carbamates (subject to hydrolysis) is 2. The van der Waals surface area contributed by atoms with Gasteiger partial charge in [0, 0.05) is 25.3 Å². The Morgan fingerprint density at radius 3 is 1.97 bits per heavy atom. The molecule has 5 aromatic rings. The van der Waals surface area contributed by atoms with Crippen molar-refractivity contribution in [1.82, 2.24) is 40.4 Å². The van der Waals surface area contributed by atoms with Crippen LogP contribution in [-0.2, 0) is 23.8 Å². The molecule has 15 nitrogen and oxygen atoms in total. The normalized spacial score (nSPS) is 22.3. The number of amides is 4. The van der Waals surface area contributed by atoms with Crippen molar-refractivity contribution in [2.24, 2.45) is 17.3 Å². The van der Waals surface area contributed by atoms with Crippen LogP contribution in [0.2, 0.25) is 0 Å². The quantitative estimate of drug-likeness (QED) is 0.0985. The molecular weight excluding hydrogens is 801 g/mol. The summed E-state index contributed by atoms with van der Waals surface area (Å²) in [6.07, 6.45) is 7.68. The topological polar surface area (TPSA) is 184 Å². The Labute approximate surface area is 366 Å². The number of H-pyrrole nitrogens is 2. The Morgan fingerprint density at radius 2 is 1.32 bits per heavy atom. The third-order valence-electron chi connectivity index (χ3n) is 14.0. The van der Waals surface area contributed by atoms with Crippen LogP contribution >= 0.6 is 0 Å². The predicted octanol–water partition coefficient (Wildman–Crippen LogP) is 7.53. The van der Waals surface area contributed by atoms with E-state index in [0.29, 0.717) is 12.5 Å². The van der Waals surface area contributed by atoms with Crippen LogP contribution in [0.5, 0.6) is 0 Å². The molecule has 2 saturated carbocycles. The summed E-state index contributed by atoms with van der Waals surface area (Å²) in [7, 11) is 4.10. The van der Waals surface area contributed by atoms with Gasteiger partial charge in [0.2, 0.25) is 11.8 Å². The van der Waals surface area contributed by atoms with Gasteiger partial charge in [0.1, 0.15) is 23.7 Å². The Morgan fingerprint density at radius 1 is 0.730 bits per heavy atom. The summed E-state index contributed by atoms with van der Waals surface area (Å²) < 4.78 is 15.1. The van der Waals surface area contributed by atoms with Gasteiger partial charge >= 0.3 is 12.2 Å². The number of benzene rings is 3. The monoisotopic (exact) mass is 856 g/mol. The van der Waals surface area contributed by atoms with Crippen LogP contribution < -0.4 is 10.6 Å². The fraction of sp³-hybridized carbons (Fsp3) is 0.458. The van der Waals surface area contributed by atoms with Gasteiger partial charge in [0.25, 0.3) is 0 Å². The van der Waals surface area contributed by atoms with Crippen molar-refractivity contribution in [3.63, 3.8) is 0 Å². The van der Waals surface area contributed by atoms with Gasteiger partial charge in [0.05, 0.1) is 56.2 Å². The van der Waals surface area contributed by atoms with Gasteiger partial charge in [0.15, 0.2) is 0 Å². The first-order valence-corrected chi connectivity index (χ1v) is 22.0. The van der Waals surface area contributed by atoms with Gasteiger partial charge in [-0.15, -0.1) is 0 Å². The zero-order valence-electron chi connectivity index (χ0n) is 36.6. The fourth-order valence-corrected chi connectivity index (χ4v) is 10.2. The number of aromatic amines is 2. The summed E-state index contributed by atoms with van der Waals surface area (Å²) in [4.78, 5) is 72.8. The SMILES string of the molecule is COC(=O)N[C@H](C(=O)N1[C@@H]2CC[C@@H](C2)[C@H]1c1ncc(-c2ccc(-c3ccc4cc(-c5cnc([C@@H]6CC7(CC7)CN6C(=O)[C@@H](NC(=O)OC)C(C)OC)[nH]5)ccc4c3)cc2)[nH]1)C(C)C. The minimum Gasteiger partial charge on any atom is -0.453 e. The average molecular weight is 857 g/mol. The molecule has 3 aromatic carbocycles. The van der Waals surface area contributed by atoms with E-state index in [1.807, 2.05) is 36.0 Å². The number of nitrogens with one attached hydrogen (secondary N) is 4. The van der Waals surface area contributed by atoms with E-state index in [2.05, 4.69) is 81.3 Å². The summed E-state index contributed by atoms with van der Waals surface area (Å²) >= 11 is 0. The number of imidazole rings is 2. The van der Waals surface area contributed by atoms with Gasteiger partial charge in [-0.1, -0.05) is 62.4 Å². The number of piperidine rings is 1. The molecule has 0 radical (unpaired) electrons. The minimum atomic E-state index is -0.896. The summed E-state index contributed by atoms with van der Waals surface area (Å²) in [6, 6.07) is 19.3. The van der Waals surface area contributed by atoms with Crippen LogP contribution in [0.3, 0.4) is 0 Å². The zero-order chi connectivity index (χ0) is 44.2. The van der Waals surface area contributed by atoms with E-state index in [-0.39, 0.29) is 41.3 Å². The molecule has 7 atom stereocenters. The number of fused-ring (bicyclic) bond motifs is 3. The molecule has 4 fully saturated rings. The molecule has 330 valence electrons. The lowest BCUT2D eigenvalue weighted by atomic mass is 9.95. The predicted molar refractivity (Wildman–Crippen MR) is 236 cm³/mol. The number of rotatable bonds is 12. The van der Waals surface area contributed by atoms with Crippen LogP contribution in [-0.4, -0.2) is 106 Å². The lowest BCUT2D eigenvalue weighted by molar-refractivity contribution is -0.139. The number of hydrogen-bond donors (Lipinski definition) is 4. The van der Waals surface area contributed by atoms with Gasteiger partial charge in [-0.3, -0.25) is 9.59 Å². The minimum absolute atomic E-state index is 0.0776. The van der Waals surface area contributed by atoms with E-state index in [0.717, 1.165) is 94.6 Å². The van der Waals surface area contributed by atoms with Gasteiger partial charge in [-0.2, -0.15) is 0 Å². The summed E-state index contributed by atoms with van der Waals surface area (Å²) in [5, 5.41) is 7.63. The molecule has 4 amide bonds. The Balaban J connectivity index is 0.894. The Hall–Kier alpha value is -6.22. The highest BCUT2D eigenvalue weighted by Gasteiger charge is 2.55. The molecule has 1 spiro atoms. The third-order valence-corrected chi connectivity index (χ3v) is 14.0. The third kappa shape index (κ3) is 8.03. The molecule has 2 aliphatic heterocycles. The molecule has 4 N–H and O–H groups in total. The van der Waals surface area contributed by atoms with Crippen LogP contribution in [0, 0.1) is 17.3 Å². The van der Waals surface area contributed by atoms with Gasteiger partial charge in [-0.05, 0) is 102 Å². The highest BCUT2D eigenvalue weighted by molar-refractivity contribution is 5.91. The highest BCUT2D eigenvalue weighted by atomic mass is 16.5. The fourth-order valence-electron chi connectivity index (χ4n) is 10.2. The van der Waals surface area contributed by atoms with Gasteiger partial charge in [-0.25, -0.2) is 19.6 Å². The van der Waals surface area contributed by atoms with Crippen molar-refractivity contribution in [1.29, 1.82) is 0 Å². The molecule has 2 bridgehead atoms. The maximum atomic E-state index is 14.0. The Kier molecular flexibility index (Phi) is 11.2. The second-order valence-electron chi connectivity index (χ2n) is 18.2. The van der Waals surface area contributed by atoms with Crippen LogP contribution in [0.1, 0.15) is 83.0 Å². The molecular formula is C48H56N8O7. The summed E-state index contributed by atoms with van der Waals surface area (Å²) in [5.41, 5.74) is 5.98. The summed E-state index contributed by atoms with van der Waals surface area (Å²) in [6.45, 7) is 6.22. The molecule has 4 heterocycles. The number of hydrogen-bond acceptors (Lipinski definition) is 9. The lowest BCUT2D eigenvalue weighted by Gasteiger charge is -2.37. The van der Waals surface area contributed by atoms with Gasteiger partial charge < -0.3 is 44.6 Å². The van der Waals surface area contributed by atoms with Crippen LogP contribution in [0.4, 0.5) is 9.59 Å². The number of nitrogens with zero attached hydrogens (tertiary/aromatic N) is 4. The second-order valence-corrected chi connectivity index (χ2v) is 18.2. The number of ether oxygens (including phenoxy) is 3. The number of carbonyl (C=O) groups is 4. The smallest absolute Gasteiger partial charge is 0.407 e. The first-order chi connectivity index (χ1) is 30.4. The number of aromatic nitrogens is 4. The van der Waals surface area contributed by atoms with E-state index in [9.17, 15) is 19.2 Å². The van der Waals surface area contributed by atoms with Crippen molar-refractivity contribution < 1.29 is 33.4 Å². The molecule has 2 aromatic heterocycles. The number of methoxy groups -OCH3 is 3. The lowest BCUT2D eigenvalue weighted by Crippen LogP contribution is -2.54. The van der Waals surface area contributed by atoms with Crippen molar-refractivity contribution in [3.05, 3.63) is 84.7 Å². The number of likely N-dealkylation sites (tertiary alicyclic amines) is 2. The number of carbonyl (C=O) groups excluding carboxylic acids is 4. The van der Waals surface area contributed by atoms with Crippen LogP contribution in [0.25, 0.3) is 44.4 Å². The van der Waals surface area contributed by atoms with Crippen molar-refractivity contribution >= 4 is 34.8 Å². The highest BCUT2D eigenvalue weighted by Crippen LogP contribution is 2.58. The largest absolute Gasteiger partial charge is 0.453 e. The van der Waals surface area contributed by atoms with E-state index >= 15 is 0 Å². The average Bonchev–Trinajstić information content (AvgIpc) is 3.94. The van der Waals surface area contributed by atoms with Crippen molar-refractivity contribution in [2.45, 2.75) is 95.6 Å². The maximum absolute atomic E-state index is 14.0. The van der Waals surface area contributed by atoms with E-state index < -0.39 is 30.4 Å². The Bertz CT molecular complexity index is 2530. The molecule has 63 heavy (non-hydrogen) atoms.